The Bertz CT molecular complexity index is 620. The lowest BCUT2D eigenvalue weighted by Crippen LogP contribution is -2.34. The Morgan fingerprint density at radius 2 is 2.24 bits per heavy atom. The Morgan fingerprint density at radius 1 is 1.38 bits per heavy atom. The first-order valence-electron chi connectivity index (χ1n) is 7.88. The van der Waals surface area contributed by atoms with Crippen LogP contribution >= 0.6 is 11.6 Å². The fourth-order valence-corrected chi connectivity index (χ4v) is 3.73. The highest BCUT2D eigenvalue weighted by atomic mass is 35.5. The van der Waals surface area contributed by atoms with Gasteiger partial charge in [0, 0.05) is 25.4 Å². The minimum atomic E-state index is 0.632. The van der Waals surface area contributed by atoms with E-state index in [0.717, 1.165) is 30.2 Å². The molecular weight excluding hydrogens is 282 g/mol. The fourth-order valence-electron chi connectivity index (χ4n) is 3.57. The summed E-state index contributed by atoms with van der Waals surface area (Å²) in [7, 11) is 2.23. The Labute approximate surface area is 131 Å². The Morgan fingerprint density at radius 3 is 3.00 bits per heavy atom. The molecule has 1 unspecified atom stereocenters. The van der Waals surface area contributed by atoms with Crippen molar-refractivity contribution in [2.45, 2.75) is 32.7 Å². The quantitative estimate of drug-likeness (QED) is 0.807. The van der Waals surface area contributed by atoms with Crippen LogP contribution in [0, 0.1) is 12.8 Å². The van der Waals surface area contributed by atoms with Crippen molar-refractivity contribution in [2.24, 2.45) is 5.92 Å². The van der Waals surface area contributed by atoms with Crippen molar-refractivity contribution in [1.82, 2.24) is 14.5 Å². The molecule has 0 saturated carbocycles. The number of rotatable bonds is 4. The summed E-state index contributed by atoms with van der Waals surface area (Å²) in [5.74, 6) is 2.49. The SMILES string of the molecule is Cc1cccc2nc(CCCl)n(CC3CCCN(C)C3)c12. The average Bonchev–Trinajstić information content (AvgIpc) is 2.79. The number of fused-ring (bicyclic) bond motifs is 1. The number of piperidine rings is 1. The molecule has 0 radical (unpaired) electrons. The number of halogens is 1. The maximum Gasteiger partial charge on any atom is 0.111 e. The molecule has 3 rings (SSSR count). The summed E-state index contributed by atoms with van der Waals surface area (Å²) in [6, 6.07) is 6.38. The van der Waals surface area contributed by atoms with Crippen LogP contribution in [0.5, 0.6) is 0 Å². The second kappa shape index (κ2) is 6.37. The highest BCUT2D eigenvalue weighted by Crippen LogP contribution is 2.25. The van der Waals surface area contributed by atoms with Gasteiger partial charge >= 0.3 is 0 Å². The van der Waals surface area contributed by atoms with Crippen molar-refractivity contribution in [1.29, 1.82) is 0 Å². The summed E-state index contributed by atoms with van der Waals surface area (Å²) in [5.41, 5.74) is 3.72. The molecule has 2 aromatic rings. The van der Waals surface area contributed by atoms with E-state index in [1.807, 2.05) is 0 Å². The predicted molar refractivity (Wildman–Crippen MR) is 89.1 cm³/mol. The van der Waals surface area contributed by atoms with Crippen LogP contribution in [0.2, 0.25) is 0 Å². The first-order valence-corrected chi connectivity index (χ1v) is 8.41. The minimum absolute atomic E-state index is 0.632. The van der Waals surface area contributed by atoms with Gasteiger partial charge in [-0.2, -0.15) is 0 Å². The van der Waals surface area contributed by atoms with Gasteiger partial charge in [-0.3, -0.25) is 0 Å². The molecule has 0 aliphatic carbocycles. The van der Waals surface area contributed by atoms with Gasteiger partial charge < -0.3 is 9.47 Å². The van der Waals surface area contributed by atoms with Gasteiger partial charge in [0.25, 0.3) is 0 Å². The number of nitrogens with zero attached hydrogens (tertiary/aromatic N) is 3. The van der Waals surface area contributed by atoms with E-state index in [1.54, 1.807) is 0 Å². The number of hydrogen-bond donors (Lipinski definition) is 0. The molecule has 2 heterocycles. The first-order chi connectivity index (χ1) is 10.2. The maximum absolute atomic E-state index is 5.98. The molecule has 1 aromatic carbocycles. The van der Waals surface area contributed by atoms with E-state index >= 15 is 0 Å². The molecule has 0 bridgehead atoms. The van der Waals surface area contributed by atoms with Gasteiger partial charge in [0.1, 0.15) is 5.82 Å². The highest BCUT2D eigenvalue weighted by Gasteiger charge is 2.20. The van der Waals surface area contributed by atoms with E-state index < -0.39 is 0 Å². The number of likely N-dealkylation sites (tertiary alicyclic amines) is 1. The van der Waals surface area contributed by atoms with Crippen LogP contribution in [-0.2, 0) is 13.0 Å². The topological polar surface area (TPSA) is 21.1 Å². The summed E-state index contributed by atoms with van der Waals surface area (Å²) in [6.45, 7) is 5.66. The zero-order valence-electron chi connectivity index (χ0n) is 13.0. The number of benzene rings is 1. The van der Waals surface area contributed by atoms with E-state index in [9.17, 15) is 0 Å². The minimum Gasteiger partial charge on any atom is -0.327 e. The third-order valence-electron chi connectivity index (χ3n) is 4.53. The lowest BCUT2D eigenvalue weighted by Gasteiger charge is -2.30. The van der Waals surface area contributed by atoms with Gasteiger partial charge in [0.05, 0.1) is 11.0 Å². The third-order valence-corrected chi connectivity index (χ3v) is 4.72. The van der Waals surface area contributed by atoms with Crippen LogP contribution in [0.3, 0.4) is 0 Å². The molecular formula is C17H24ClN3. The summed E-state index contributed by atoms with van der Waals surface area (Å²) in [5, 5.41) is 0. The molecule has 1 aliphatic rings. The van der Waals surface area contributed by atoms with Crippen LogP contribution in [-0.4, -0.2) is 40.5 Å². The molecule has 3 nitrogen and oxygen atoms in total. The van der Waals surface area contributed by atoms with Crippen LogP contribution in [0.1, 0.15) is 24.2 Å². The van der Waals surface area contributed by atoms with Gasteiger partial charge in [-0.25, -0.2) is 4.98 Å². The van der Waals surface area contributed by atoms with Crippen molar-refractivity contribution >= 4 is 22.6 Å². The molecule has 1 aliphatic heterocycles. The van der Waals surface area contributed by atoms with E-state index in [4.69, 9.17) is 16.6 Å². The van der Waals surface area contributed by atoms with Crippen molar-refractivity contribution in [3.8, 4) is 0 Å². The molecule has 1 fully saturated rings. The normalized spacial score (nSPS) is 20.2. The van der Waals surface area contributed by atoms with E-state index in [0.29, 0.717) is 5.88 Å². The largest absolute Gasteiger partial charge is 0.327 e. The van der Waals surface area contributed by atoms with E-state index in [-0.39, 0.29) is 0 Å². The summed E-state index contributed by atoms with van der Waals surface area (Å²) >= 11 is 5.98. The van der Waals surface area contributed by atoms with Gasteiger partial charge in [0.2, 0.25) is 0 Å². The fraction of sp³-hybridized carbons (Fsp3) is 0.588. The Hall–Kier alpha value is -1.06. The molecule has 1 saturated heterocycles. The van der Waals surface area contributed by atoms with Gasteiger partial charge in [-0.05, 0) is 50.9 Å². The van der Waals surface area contributed by atoms with Crippen LogP contribution in [0.15, 0.2) is 18.2 Å². The molecule has 1 aromatic heterocycles. The lowest BCUT2D eigenvalue weighted by molar-refractivity contribution is 0.194. The van der Waals surface area contributed by atoms with E-state index in [1.165, 1.54) is 37.0 Å². The molecule has 0 amide bonds. The first kappa shape index (κ1) is 14.9. The number of alkyl halides is 1. The molecule has 0 spiro atoms. The monoisotopic (exact) mass is 305 g/mol. The number of aromatic nitrogens is 2. The second-order valence-corrected chi connectivity index (χ2v) is 6.67. The number of aryl methyl sites for hydroxylation is 2. The zero-order chi connectivity index (χ0) is 14.8. The summed E-state index contributed by atoms with van der Waals surface area (Å²) in [4.78, 5) is 7.26. The third kappa shape index (κ3) is 3.09. The van der Waals surface area contributed by atoms with Crippen LogP contribution < -0.4 is 0 Å². The summed E-state index contributed by atoms with van der Waals surface area (Å²) in [6.07, 6.45) is 3.46. The zero-order valence-corrected chi connectivity index (χ0v) is 13.7. The maximum atomic E-state index is 5.98. The van der Waals surface area contributed by atoms with E-state index in [2.05, 4.69) is 41.6 Å². The predicted octanol–water partition coefficient (Wildman–Crippen LogP) is 3.47. The lowest BCUT2D eigenvalue weighted by atomic mass is 9.98. The van der Waals surface area contributed by atoms with Gasteiger partial charge in [0.15, 0.2) is 0 Å². The standard InChI is InChI=1S/C17H24ClN3/c1-13-5-3-7-15-17(13)21(16(19-15)8-9-18)12-14-6-4-10-20(2)11-14/h3,5,7,14H,4,6,8-12H2,1-2H3. The van der Waals surface area contributed by atoms with Crippen molar-refractivity contribution in [2.75, 3.05) is 26.0 Å². The second-order valence-electron chi connectivity index (χ2n) is 6.29. The number of para-hydroxylation sites is 1. The Balaban J connectivity index is 1.96. The smallest absolute Gasteiger partial charge is 0.111 e. The van der Waals surface area contributed by atoms with Gasteiger partial charge in [-0.15, -0.1) is 11.6 Å². The van der Waals surface area contributed by atoms with Crippen molar-refractivity contribution < 1.29 is 0 Å². The molecule has 4 heteroatoms. The number of imidazole rings is 1. The highest BCUT2D eigenvalue weighted by molar-refractivity contribution is 6.17. The van der Waals surface area contributed by atoms with Crippen LogP contribution in [0.25, 0.3) is 11.0 Å². The molecule has 0 N–H and O–H groups in total. The van der Waals surface area contributed by atoms with Gasteiger partial charge in [-0.1, -0.05) is 12.1 Å². The average molecular weight is 306 g/mol. The Kier molecular flexibility index (Phi) is 4.51. The molecule has 21 heavy (non-hydrogen) atoms. The van der Waals surface area contributed by atoms with Crippen LogP contribution in [0.4, 0.5) is 0 Å². The molecule has 1 atom stereocenters. The van der Waals surface area contributed by atoms with Crippen molar-refractivity contribution in [3.05, 3.63) is 29.6 Å². The number of hydrogen-bond acceptors (Lipinski definition) is 2. The molecule has 114 valence electrons. The summed E-state index contributed by atoms with van der Waals surface area (Å²) < 4.78 is 2.43. The van der Waals surface area contributed by atoms with Crippen molar-refractivity contribution in [3.63, 3.8) is 0 Å².